The molecule has 0 unspecified atom stereocenters. The molecule has 2 aliphatic carbocycles. The fourth-order valence-electron chi connectivity index (χ4n) is 4.91. The second kappa shape index (κ2) is 11.0. The number of nitrogens with one attached hydrogen (secondary N) is 3. The zero-order chi connectivity index (χ0) is 25.8. The van der Waals surface area contributed by atoms with Crippen molar-refractivity contribution in [2.24, 2.45) is 10.7 Å². The van der Waals surface area contributed by atoms with Crippen LogP contribution in [-0.2, 0) is 11.3 Å². The Morgan fingerprint density at radius 1 is 1.19 bits per heavy atom. The lowest BCUT2D eigenvalue weighted by Crippen LogP contribution is -2.53. The number of carbonyl (C=O) groups is 1. The molecule has 2 aromatic rings. The van der Waals surface area contributed by atoms with Gasteiger partial charge in [-0.1, -0.05) is 42.5 Å². The summed E-state index contributed by atoms with van der Waals surface area (Å²) >= 11 is 0. The molecule has 1 amide bonds. The van der Waals surface area contributed by atoms with Crippen molar-refractivity contribution < 1.29 is 9.18 Å². The van der Waals surface area contributed by atoms with Gasteiger partial charge in [0.05, 0.1) is 11.7 Å². The molecule has 1 saturated carbocycles. The predicted molar refractivity (Wildman–Crippen MR) is 142 cm³/mol. The molecule has 1 aliphatic heterocycles. The molecule has 0 spiro atoms. The van der Waals surface area contributed by atoms with E-state index >= 15 is 0 Å². The molecule has 3 aliphatic rings. The summed E-state index contributed by atoms with van der Waals surface area (Å²) in [5.74, 6) is -0.0270. The smallest absolute Gasteiger partial charge is 0.275 e. The average molecular weight is 502 g/mol. The van der Waals surface area contributed by atoms with E-state index in [9.17, 15) is 9.18 Å². The number of allylic oxidation sites excluding steroid dienone is 3. The van der Waals surface area contributed by atoms with Crippen LogP contribution in [0.15, 0.2) is 82.8 Å². The lowest BCUT2D eigenvalue weighted by molar-refractivity contribution is -0.129. The van der Waals surface area contributed by atoms with E-state index in [-0.39, 0.29) is 23.8 Å². The Bertz CT molecular complexity index is 1280. The van der Waals surface area contributed by atoms with E-state index < -0.39 is 5.95 Å². The molecule has 8 nitrogen and oxygen atoms in total. The van der Waals surface area contributed by atoms with Crippen LogP contribution in [0, 0.1) is 5.95 Å². The highest BCUT2D eigenvalue weighted by Gasteiger charge is 2.34. The Balaban J connectivity index is 1.44. The number of aliphatic imine (C=N–C) groups is 1. The zero-order valence-corrected chi connectivity index (χ0v) is 20.9. The number of carbonyl (C=O) groups excluding carboxylic acids is 1. The van der Waals surface area contributed by atoms with E-state index in [1.807, 2.05) is 30.3 Å². The minimum atomic E-state index is -0.511. The summed E-state index contributed by atoms with van der Waals surface area (Å²) in [6, 6.07) is 12.6. The molecule has 2 heterocycles. The lowest BCUT2D eigenvalue weighted by atomic mass is 10.1. The highest BCUT2D eigenvalue weighted by atomic mass is 19.1. The number of hydrogen-bond donors (Lipinski definition) is 4. The van der Waals surface area contributed by atoms with Gasteiger partial charge in [0.25, 0.3) is 5.91 Å². The SMILES string of the molecule is CN1N[C@@H]2CCC[C@@H]2N=C(N)/C(=C(\NCc2ccc(-c3cccc(F)n3)cc2)NC2=CCCC=C2)C1=O. The normalized spacial score (nSPS) is 23.0. The van der Waals surface area contributed by atoms with Crippen molar-refractivity contribution in [3.05, 3.63) is 89.3 Å². The van der Waals surface area contributed by atoms with E-state index in [1.54, 1.807) is 19.2 Å². The molecule has 1 fully saturated rings. The van der Waals surface area contributed by atoms with Gasteiger partial charge in [0.15, 0.2) is 0 Å². The summed E-state index contributed by atoms with van der Waals surface area (Å²) in [5, 5.41) is 8.30. The molecule has 2 atom stereocenters. The van der Waals surface area contributed by atoms with Gasteiger partial charge in [-0.25, -0.2) is 10.4 Å². The van der Waals surface area contributed by atoms with Gasteiger partial charge in [-0.2, -0.15) is 4.39 Å². The van der Waals surface area contributed by atoms with Gasteiger partial charge in [-0.15, -0.1) is 0 Å². The average Bonchev–Trinajstić information content (AvgIpc) is 3.33. The number of rotatable bonds is 6. The number of amidine groups is 1. The van der Waals surface area contributed by atoms with Gasteiger partial charge in [-0.05, 0) is 55.9 Å². The van der Waals surface area contributed by atoms with E-state index in [1.165, 1.54) is 11.1 Å². The van der Waals surface area contributed by atoms with Crippen molar-refractivity contribution in [3.63, 3.8) is 0 Å². The van der Waals surface area contributed by atoms with Gasteiger partial charge in [0.1, 0.15) is 17.2 Å². The van der Waals surface area contributed by atoms with Gasteiger partial charge >= 0.3 is 0 Å². The highest BCUT2D eigenvalue weighted by molar-refractivity contribution is 6.20. The second-order valence-corrected chi connectivity index (χ2v) is 9.52. The number of nitrogens with zero attached hydrogens (tertiary/aromatic N) is 3. The number of hydrogen-bond acceptors (Lipinski definition) is 7. The van der Waals surface area contributed by atoms with Crippen LogP contribution in [0.1, 0.15) is 37.7 Å². The minimum Gasteiger partial charge on any atom is -0.383 e. The third-order valence-electron chi connectivity index (χ3n) is 6.87. The number of likely N-dealkylation sites (N-methyl/N-ethyl adjacent to an activating group) is 1. The van der Waals surface area contributed by atoms with Crippen molar-refractivity contribution in [1.82, 2.24) is 26.1 Å². The molecule has 0 bridgehead atoms. The Hall–Kier alpha value is -3.98. The van der Waals surface area contributed by atoms with Crippen molar-refractivity contribution >= 4 is 11.7 Å². The van der Waals surface area contributed by atoms with E-state index in [4.69, 9.17) is 10.7 Å². The first kappa shape index (κ1) is 24.7. The first-order valence-corrected chi connectivity index (χ1v) is 12.7. The Labute approximate surface area is 216 Å². The minimum absolute atomic E-state index is 0.0320. The second-order valence-electron chi connectivity index (χ2n) is 9.52. The molecule has 0 radical (unpaired) electrons. The van der Waals surface area contributed by atoms with Gasteiger partial charge in [0, 0.05) is 30.9 Å². The molecule has 5 N–H and O–H groups in total. The molecule has 9 heteroatoms. The number of aromatic nitrogens is 1. The number of hydrazine groups is 1. The van der Waals surface area contributed by atoms with Crippen molar-refractivity contribution in [3.8, 4) is 11.3 Å². The van der Waals surface area contributed by atoms with E-state index in [0.29, 0.717) is 23.6 Å². The number of pyridine rings is 1. The zero-order valence-electron chi connectivity index (χ0n) is 20.9. The van der Waals surface area contributed by atoms with Gasteiger partial charge < -0.3 is 16.4 Å². The monoisotopic (exact) mass is 501 g/mol. The quantitative estimate of drug-likeness (QED) is 0.358. The van der Waals surface area contributed by atoms with Crippen LogP contribution >= 0.6 is 0 Å². The first-order chi connectivity index (χ1) is 18.0. The molecule has 1 aromatic carbocycles. The Morgan fingerprint density at radius 2 is 2.03 bits per heavy atom. The van der Waals surface area contributed by atoms with Crippen molar-refractivity contribution in [2.75, 3.05) is 7.05 Å². The van der Waals surface area contributed by atoms with Crippen molar-refractivity contribution in [1.29, 1.82) is 0 Å². The van der Waals surface area contributed by atoms with Crippen LogP contribution in [0.3, 0.4) is 0 Å². The fourth-order valence-corrected chi connectivity index (χ4v) is 4.91. The third kappa shape index (κ3) is 5.72. The molecular formula is C28H32FN7O. The maximum Gasteiger partial charge on any atom is 0.275 e. The van der Waals surface area contributed by atoms with Crippen LogP contribution in [-0.4, -0.2) is 40.9 Å². The number of fused-ring (bicyclic) bond motifs is 1. The number of nitrogens with two attached hydrogens (primary N) is 1. The molecule has 5 rings (SSSR count). The highest BCUT2D eigenvalue weighted by Crippen LogP contribution is 2.25. The lowest BCUT2D eigenvalue weighted by Gasteiger charge is -2.30. The molecule has 37 heavy (non-hydrogen) atoms. The van der Waals surface area contributed by atoms with Crippen LogP contribution in [0.5, 0.6) is 0 Å². The fraction of sp³-hybridized carbons (Fsp3) is 0.321. The summed E-state index contributed by atoms with van der Waals surface area (Å²) in [5.41, 5.74) is 13.4. The van der Waals surface area contributed by atoms with Gasteiger partial charge in [-0.3, -0.25) is 14.8 Å². The molecule has 0 saturated heterocycles. The standard InChI is InChI=1S/C28H32FN7O/c1-36-28(37)25(26(30)34-22-10-5-11-23(22)35-36)27(32-20-7-3-2-4-8-20)31-17-18-13-15-19(16-14-18)21-9-6-12-24(29)33-21/h3,6-9,12-16,22-23,31-32,35H,2,4-5,10-11,17H2,1H3,(H2,30,34)/b27-25-/t22-,23+/m0/s1. The van der Waals surface area contributed by atoms with Crippen molar-refractivity contribution in [2.45, 2.75) is 50.7 Å². The van der Waals surface area contributed by atoms with Crippen LogP contribution < -0.4 is 21.8 Å². The molecular weight excluding hydrogens is 469 g/mol. The van der Waals surface area contributed by atoms with Crippen LogP contribution in [0.25, 0.3) is 11.3 Å². The van der Waals surface area contributed by atoms with Crippen LogP contribution in [0.4, 0.5) is 4.39 Å². The third-order valence-corrected chi connectivity index (χ3v) is 6.87. The van der Waals surface area contributed by atoms with Gasteiger partial charge in [0.2, 0.25) is 5.95 Å². The van der Waals surface area contributed by atoms with E-state index in [0.717, 1.165) is 48.9 Å². The van der Waals surface area contributed by atoms with E-state index in [2.05, 4.69) is 33.2 Å². The summed E-state index contributed by atoms with van der Waals surface area (Å²) in [6.07, 6.45) is 11.0. The predicted octanol–water partition coefficient (Wildman–Crippen LogP) is 3.27. The largest absolute Gasteiger partial charge is 0.383 e. The first-order valence-electron chi connectivity index (χ1n) is 12.7. The Kier molecular flexibility index (Phi) is 7.32. The maximum absolute atomic E-state index is 13.5. The number of amides is 1. The summed E-state index contributed by atoms with van der Waals surface area (Å²) in [7, 11) is 1.73. The molecule has 192 valence electrons. The topological polar surface area (TPSA) is 108 Å². The number of halogens is 1. The van der Waals surface area contributed by atoms with Crippen LogP contribution in [0.2, 0.25) is 0 Å². The maximum atomic E-state index is 13.5. The summed E-state index contributed by atoms with van der Waals surface area (Å²) in [4.78, 5) is 22.2. The summed E-state index contributed by atoms with van der Waals surface area (Å²) < 4.78 is 13.5. The Morgan fingerprint density at radius 3 is 2.78 bits per heavy atom. The summed E-state index contributed by atoms with van der Waals surface area (Å²) in [6.45, 7) is 0.434. The number of benzene rings is 1. The molecule has 1 aromatic heterocycles.